The largest absolute Gasteiger partial charge is 0.496 e. The lowest BCUT2D eigenvalue weighted by Crippen LogP contribution is -2.22. The summed E-state index contributed by atoms with van der Waals surface area (Å²) < 4.78 is 11.4. The highest BCUT2D eigenvalue weighted by molar-refractivity contribution is 5.48. The molecule has 0 bridgehead atoms. The molecule has 1 aromatic rings. The Hall–Kier alpha value is -1.22. The molecule has 3 rings (SSSR count). The summed E-state index contributed by atoms with van der Waals surface area (Å²) >= 11 is 0. The maximum atomic E-state index is 5.84. The average Bonchev–Trinajstić information content (AvgIpc) is 3.20. The van der Waals surface area contributed by atoms with Gasteiger partial charge in [-0.25, -0.2) is 0 Å². The molecule has 0 aromatic heterocycles. The van der Waals surface area contributed by atoms with Crippen LogP contribution in [-0.2, 0) is 13.0 Å². The lowest BCUT2D eigenvalue weighted by Gasteiger charge is -2.14. The maximum Gasteiger partial charge on any atom is 0.123 e. The van der Waals surface area contributed by atoms with E-state index < -0.39 is 0 Å². The summed E-state index contributed by atoms with van der Waals surface area (Å²) in [6, 6.07) is 4.28. The van der Waals surface area contributed by atoms with Crippen LogP contribution in [0.25, 0.3) is 0 Å². The molecule has 0 saturated heterocycles. The van der Waals surface area contributed by atoms with Crippen LogP contribution in [0.15, 0.2) is 12.1 Å². The Kier molecular flexibility index (Phi) is 3.88. The van der Waals surface area contributed by atoms with Crippen LogP contribution >= 0.6 is 0 Å². The lowest BCUT2D eigenvalue weighted by atomic mass is 10.0. The first kappa shape index (κ1) is 13.7. The maximum absolute atomic E-state index is 5.84. The van der Waals surface area contributed by atoms with E-state index in [1.807, 2.05) is 0 Å². The van der Waals surface area contributed by atoms with Crippen molar-refractivity contribution in [3.63, 3.8) is 0 Å². The van der Waals surface area contributed by atoms with Gasteiger partial charge in [0.1, 0.15) is 17.6 Å². The van der Waals surface area contributed by atoms with E-state index in [0.29, 0.717) is 0 Å². The van der Waals surface area contributed by atoms with Gasteiger partial charge in [-0.15, -0.1) is 0 Å². The van der Waals surface area contributed by atoms with E-state index in [0.717, 1.165) is 42.8 Å². The number of rotatable bonds is 6. The molecule has 110 valence electrons. The van der Waals surface area contributed by atoms with Crippen molar-refractivity contribution in [2.75, 3.05) is 13.7 Å². The number of hydrogen-bond donors (Lipinski definition) is 1. The van der Waals surface area contributed by atoms with E-state index in [-0.39, 0.29) is 6.10 Å². The summed E-state index contributed by atoms with van der Waals surface area (Å²) in [7, 11) is 1.75. The van der Waals surface area contributed by atoms with Crippen LogP contribution in [0.5, 0.6) is 11.5 Å². The van der Waals surface area contributed by atoms with Gasteiger partial charge in [-0.1, -0.05) is 6.92 Å². The fraction of sp³-hybridized carbons (Fsp3) is 0.647. The minimum atomic E-state index is 0.285. The highest BCUT2D eigenvalue weighted by Gasteiger charge is 2.27. The van der Waals surface area contributed by atoms with Gasteiger partial charge in [0, 0.05) is 24.1 Å². The molecular weight excluding hydrogens is 250 g/mol. The van der Waals surface area contributed by atoms with Gasteiger partial charge in [0.25, 0.3) is 0 Å². The lowest BCUT2D eigenvalue weighted by molar-refractivity contribution is 0.254. The Bertz CT molecular complexity index is 482. The molecule has 1 saturated carbocycles. The predicted octanol–water partition coefficient (Wildman–Crippen LogP) is 3.15. The van der Waals surface area contributed by atoms with Crippen molar-refractivity contribution in [2.24, 2.45) is 11.8 Å². The van der Waals surface area contributed by atoms with Crippen molar-refractivity contribution >= 4 is 0 Å². The molecule has 3 heteroatoms. The fourth-order valence-corrected chi connectivity index (χ4v) is 3.08. The predicted molar refractivity (Wildman–Crippen MR) is 80.4 cm³/mol. The monoisotopic (exact) mass is 275 g/mol. The molecule has 0 amide bonds. The van der Waals surface area contributed by atoms with E-state index in [9.17, 15) is 0 Å². The Balaban J connectivity index is 1.64. The Morgan fingerprint density at radius 3 is 2.90 bits per heavy atom. The van der Waals surface area contributed by atoms with Crippen LogP contribution < -0.4 is 14.8 Å². The molecular formula is C17H25NO2. The molecule has 1 aromatic carbocycles. The molecule has 0 spiro atoms. The van der Waals surface area contributed by atoms with Gasteiger partial charge in [0.15, 0.2) is 0 Å². The topological polar surface area (TPSA) is 30.5 Å². The van der Waals surface area contributed by atoms with E-state index >= 15 is 0 Å². The molecule has 2 unspecified atom stereocenters. The zero-order valence-corrected chi connectivity index (χ0v) is 12.7. The van der Waals surface area contributed by atoms with Crippen LogP contribution in [0.3, 0.4) is 0 Å². The molecule has 3 nitrogen and oxygen atoms in total. The summed E-state index contributed by atoms with van der Waals surface area (Å²) in [6.45, 7) is 6.39. The SMILES string of the molecule is COc1cc2c(cc1CNCC(C)C1CC1)OC(C)C2. The quantitative estimate of drug-likeness (QED) is 0.865. The first-order valence-corrected chi connectivity index (χ1v) is 7.74. The van der Waals surface area contributed by atoms with E-state index in [4.69, 9.17) is 9.47 Å². The van der Waals surface area contributed by atoms with Crippen LogP contribution in [0, 0.1) is 11.8 Å². The van der Waals surface area contributed by atoms with Crippen molar-refractivity contribution in [3.8, 4) is 11.5 Å². The zero-order chi connectivity index (χ0) is 14.1. The Morgan fingerprint density at radius 2 is 2.20 bits per heavy atom. The second kappa shape index (κ2) is 5.65. The van der Waals surface area contributed by atoms with Crippen LogP contribution in [0.2, 0.25) is 0 Å². The molecule has 1 aliphatic carbocycles. The number of methoxy groups -OCH3 is 1. The summed E-state index contributed by atoms with van der Waals surface area (Å²) in [4.78, 5) is 0. The molecule has 1 fully saturated rings. The van der Waals surface area contributed by atoms with E-state index in [1.54, 1.807) is 7.11 Å². The molecule has 1 N–H and O–H groups in total. The third kappa shape index (κ3) is 2.93. The summed E-state index contributed by atoms with van der Waals surface area (Å²) in [5.74, 6) is 3.75. The molecule has 20 heavy (non-hydrogen) atoms. The van der Waals surface area contributed by atoms with E-state index in [2.05, 4.69) is 31.3 Å². The summed E-state index contributed by atoms with van der Waals surface area (Å²) in [6.07, 6.45) is 4.10. The Labute approximate surface area is 121 Å². The van der Waals surface area contributed by atoms with Gasteiger partial charge >= 0.3 is 0 Å². The highest BCUT2D eigenvalue weighted by atomic mass is 16.5. The molecule has 1 aliphatic heterocycles. The average molecular weight is 275 g/mol. The number of nitrogens with one attached hydrogen (secondary N) is 1. The normalized spacial score (nSPS) is 22.2. The minimum Gasteiger partial charge on any atom is -0.496 e. The van der Waals surface area contributed by atoms with E-state index in [1.165, 1.54) is 24.0 Å². The molecule has 0 radical (unpaired) electrons. The molecule has 2 atom stereocenters. The van der Waals surface area contributed by atoms with Crippen molar-refractivity contribution in [1.29, 1.82) is 0 Å². The van der Waals surface area contributed by atoms with Gasteiger partial charge in [-0.3, -0.25) is 0 Å². The highest BCUT2D eigenvalue weighted by Crippen LogP contribution is 2.37. The van der Waals surface area contributed by atoms with Gasteiger partial charge in [-0.2, -0.15) is 0 Å². The Morgan fingerprint density at radius 1 is 1.40 bits per heavy atom. The van der Waals surface area contributed by atoms with Gasteiger partial charge < -0.3 is 14.8 Å². The molecule has 1 heterocycles. The first-order valence-electron chi connectivity index (χ1n) is 7.74. The van der Waals surface area contributed by atoms with Crippen LogP contribution in [-0.4, -0.2) is 19.8 Å². The van der Waals surface area contributed by atoms with Crippen molar-refractivity contribution < 1.29 is 9.47 Å². The third-order valence-electron chi connectivity index (χ3n) is 4.51. The standard InChI is InChI=1S/C17H25NO2/c1-11(13-4-5-13)9-18-10-15-8-17-14(6-12(2)20-17)7-16(15)19-3/h7-8,11-13,18H,4-6,9-10H2,1-3H3. The number of benzene rings is 1. The second-order valence-corrected chi connectivity index (χ2v) is 6.35. The number of hydrogen-bond acceptors (Lipinski definition) is 3. The van der Waals surface area contributed by atoms with Gasteiger partial charge in [0.05, 0.1) is 7.11 Å². The van der Waals surface area contributed by atoms with Crippen LogP contribution in [0.4, 0.5) is 0 Å². The van der Waals surface area contributed by atoms with Gasteiger partial charge in [-0.05, 0) is 50.3 Å². The van der Waals surface area contributed by atoms with Crippen molar-refractivity contribution in [2.45, 2.75) is 45.8 Å². The number of ether oxygens (including phenoxy) is 2. The van der Waals surface area contributed by atoms with Crippen molar-refractivity contribution in [3.05, 3.63) is 23.3 Å². The third-order valence-corrected chi connectivity index (χ3v) is 4.51. The summed E-state index contributed by atoms with van der Waals surface area (Å²) in [5, 5.41) is 3.56. The minimum absolute atomic E-state index is 0.285. The summed E-state index contributed by atoms with van der Waals surface area (Å²) in [5.41, 5.74) is 2.47. The van der Waals surface area contributed by atoms with Crippen LogP contribution in [0.1, 0.15) is 37.8 Å². The first-order chi connectivity index (χ1) is 9.67. The second-order valence-electron chi connectivity index (χ2n) is 6.35. The van der Waals surface area contributed by atoms with Gasteiger partial charge in [0.2, 0.25) is 0 Å². The fourth-order valence-electron chi connectivity index (χ4n) is 3.08. The smallest absolute Gasteiger partial charge is 0.123 e. The zero-order valence-electron chi connectivity index (χ0n) is 12.7. The molecule has 2 aliphatic rings. The van der Waals surface area contributed by atoms with Crippen molar-refractivity contribution in [1.82, 2.24) is 5.32 Å². The number of fused-ring (bicyclic) bond motifs is 1.